The second-order valence-corrected chi connectivity index (χ2v) is 3.98. The van der Waals surface area contributed by atoms with Crippen LogP contribution in [0.15, 0.2) is 48.7 Å². The highest BCUT2D eigenvalue weighted by Crippen LogP contribution is 2.12. The van der Waals surface area contributed by atoms with E-state index in [9.17, 15) is 4.79 Å². The summed E-state index contributed by atoms with van der Waals surface area (Å²) in [6.07, 6.45) is 3.15. The maximum Gasteiger partial charge on any atom is 0.227 e. The summed E-state index contributed by atoms with van der Waals surface area (Å²) in [7, 11) is 1.81. The van der Waals surface area contributed by atoms with Crippen molar-refractivity contribution >= 4 is 11.6 Å². The standard InChI is InChI=1S/C14H16N2O/c1-16(13-7-3-2-4-8-13)14(17)10-9-12-6-5-11-15-12/h2-8,11,15H,9-10H2,1H3. The lowest BCUT2D eigenvalue weighted by Crippen LogP contribution is -2.26. The van der Waals surface area contributed by atoms with Gasteiger partial charge in [0.1, 0.15) is 0 Å². The van der Waals surface area contributed by atoms with Gasteiger partial charge in [0.2, 0.25) is 5.91 Å². The Kier molecular flexibility index (Phi) is 3.60. The summed E-state index contributed by atoms with van der Waals surface area (Å²) in [5, 5.41) is 0. The van der Waals surface area contributed by atoms with E-state index in [1.165, 1.54) is 0 Å². The van der Waals surface area contributed by atoms with Gasteiger partial charge in [0.25, 0.3) is 0 Å². The molecule has 0 bridgehead atoms. The van der Waals surface area contributed by atoms with Crippen LogP contribution in [0.25, 0.3) is 0 Å². The number of hydrogen-bond donors (Lipinski definition) is 1. The number of nitrogens with zero attached hydrogens (tertiary/aromatic N) is 1. The number of anilines is 1. The molecule has 1 heterocycles. The van der Waals surface area contributed by atoms with Crippen molar-refractivity contribution in [2.45, 2.75) is 12.8 Å². The molecule has 17 heavy (non-hydrogen) atoms. The van der Waals surface area contributed by atoms with Crippen molar-refractivity contribution in [1.29, 1.82) is 0 Å². The molecule has 0 fully saturated rings. The zero-order valence-corrected chi connectivity index (χ0v) is 9.89. The van der Waals surface area contributed by atoms with Crippen molar-refractivity contribution < 1.29 is 4.79 Å². The van der Waals surface area contributed by atoms with Gasteiger partial charge in [-0.3, -0.25) is 4.79 Å². The third-order valence-corrected chi connectivity index (χ3v) is 2.79. The Morgan fingerprint density at radius 3 is 2.59 bits per heavy atom. The van der Waals surface area contributed by atoms with E-state index >= 15 is 0 Å². The van der Waals surface area contributed by atoms with Crippen LogP contribution < -0.4 is 4.90 Å². The summed E-state index contributed by atoms with van der Waals surface area (Å²) >= 11 is 0. The molecule has 0 unspecified atom stereocenters. The summed E-state index contributed by atoms with van der Waals surface area (Å²) < 4.78 is 0. The molecule has 0 saturated carbocycles. The second kappa shape index (κ2) is 5.34. The molecule has 0 saturated heterocycles. The van der Waals surface area contributed by atoms with Gasteiger partial charge in [-0.25, -0.2) is 0 Å². The van der Waals surface area contributed by atoms with Crippen LogP contribution in [0.1, 0.15) is 12.1 Å². The third kappa shape index (κ3) is 2.97. The van der Waals surface area contributed by atoms with E-state index in [1.807, 2.05) is 55.7 Å². The van der Waals surface area contributed by atoms with E-state index in [-0.39, 0.29) is 5.91 Å². The first kappa shape index (κ1) is 11.5. The number of carbonyl (C=O) groups is 1. The van der Waals surface area contributed by atoms with E-state index in [0.717, 1.165) is 17.8 Å². The predicted octanol–water partition coefficient (Wildman–Crippen LogP) is 2.61. The van der Waals surface area contributed by atoms with Crippen LogP contribution in [-0.2, 0) is 11.2 Å². The Bertz CT molecular complexity index is 462. The van der Waals surface area contributed by atoms with E-state index in [1.54, 1.807) is 4.90 Å². The summed E-state index contributed by atoms with van der Waals surface area (Å²) in [6, 6.07) is 13.6. The van der Waals surface area contributed by atoms with Gasteiger partial charge in [0.15, 0.2) is 0 Å². The molecule has 2 aromatic rings. The van der Waals surface area contributed by atoms with Crippen molar-refractivity contribution in [3.63, 3.8) is 0 Å². The topological polar surface area (TPSA) is 36.1 Å². The number of aromatic amines is 1. The molecule has 88 valence electrons. The Labute approximate surface area is 101 Å². The first-order valence-electron chi connectivity index (χ1n) is 5.71. The normalized spacial score (nSPS) is 10.2. The maximum absolute atomic E-state index is 12.0. The highest BCUT2D eigenvalue weighted by molar-refractivity contribution is 5.92. The van der Waals surface area contributed by atoms with Crippen LogP contribution in [0.2, 0.25) is 0 Å². The van der Waals surface area contributed by atoms with E-state index in [4.69, 9.17) is 0 Å². The Balaban J connectivity index is 1.92. The van der Waals surface area contributed by atoms with Gasteiger partial charge in [0, 0.05) is 31.0 Å². The third-order valence-electron chi connectivity index (χ3n) is 2.79. The van der Waals surface area contributed by atoms with Crippen molar-refractivity contribution in [2.75, 3.05) is 11.9 Å². The van der Waals surface area contributed by atoms with Crippen LogP contribution in [0, 0.1) is 0 Å². The quantitative estimate of drug-likeness (QED) is 0.858. The minimum absolute atomic E-state index is 0.130. The summed E-state index contributed by atoms with van der Waals surface area (Å²) in [5.74, 6) is 0.130. The second-order valence-electron chi connectivity index (χ2n) is 3.98. The molecule has 3 heteroatoms. The Morgan fingerprint density at radius 2 is 1.94 bits per heavy atom. The number of benzene rings is 1. The number of nitrogens with one attached hydrogen (secondary N) is 1. The van der Waals surface area contributed by atoms with Gasteiger partial charge >= 0.3 is 0 Å². The molecule has 3 nitrogen and oxygen atoms in total. The van der Waals surface area contributed by atoms with Crippen LogP contribution in [-0.4, -0.2) is 17.9 Å². The van der Waals surface area contributed by atoms with Gasteiger partial charge in [0.05, 0.1) is 0 Å². The molecule has 2 rings (SSSR count). The van der Waals surface area contributed by atoms with E-state index < -0.39 is 0 Å². The molecular weight excluding hydrogens is 212 g/mol. The smallest absolute Gasteiger partial charge is 0.227 e. The number of aromatic nitrogens is 1. The van der Waals surface area contributed by atoms with Crippen LogP contribution in [0.3, 0.4) is 0 Å². The lowest BCUT2D eigenvalue weighted by Gasteiger charge is -2.16. The molecule has 1 amide bonds. The molecule has 0 aliphatic heterocycles. The lowest BCUT2D eigenvalue weighted by atomic mass is 10.2. The first-order chi connectivity index (χ1) is 8.27. The van der Waals surface area contributed by atoms with E-state index in [2.05, 4.69) is 4.98 Å². The minimum Gasteiger partial charge on any atom is -0.365 e. The summed E-state index contributed by atoms with van der Waals surface area (Å²) in [4.78, 5) is 16.7. The zero-order valence-electron chi connectivity index (χ0n) is 9.89. The molecular formula is C14H16N2O. The molecule has 0 aliphatic rings. The van der Waals surface area contributed by atoms with Crippen molar-refractivity contribution in [2.24, 2.45) is 0 Å². The van der Waals surface area contributed by atoms with Crippen LogP contribution in [0.4, 0.5) is 5.69 Å². The summed E-state index contributed by atoms with van der Waals surface area (Å²) in [5.41, 5.74) is 2.03. The SMILES string of the molecule is CN(C(=O)CCc1ccc[nH]1)c1ccccc1. The van der Waals surface area contributed by atoms with Crippen LogP contribution >= 0.6 is 0 Å². The molecule has 1 aromatic heterocycles. The Hall–Kier alpha value is -2.03. The van der Waals surface area contributed by atoms with Gasteiger partial charge in [-0.1, -0.05) is 18.2 Å². The molecule has 0 radical (unpaired) electrons. The lowest BCUT2D eigenvalue weighted by molar-refractivity contribution is -0.118. The van der Waals surface area contributed by atoms with Crippen LogP contribution in [0.5, 0.6) is 0 Å². The van der Waals surface area contributed by atoms with Crippen molar-refractivity contribution in [3.8, 4) is 0 Å². The number of para-hydroxylation sites is 1. The summed E-state index contributed by atoms with van der Waals surface area (Å²) in [6.45, 7) is 0. The number of hydrogen-bond acceptors (Lipinski definition) is 1. The van der Waals surface area contributed by atoms with Crippen molar-refractivity contribution in [3.05, 3.63) is 54.4 Å². The number of rotatable bonds is 4. The highest BCUT2D eigenvalue weighted by atomic mass is 16.2. The van der Waals surface area contributed by atoms with Gasteiger partial charge in [-0.15, -0.1) is 0 Å². The van der Waals surface area contributed by atoms with Gasteiger partial charge in [-0.05, 0) is 30.7 Å². The molecule has 0 atom stereocenters. The van der Waals surface area contributed by atoms with Gasteiger partial charge < -0.3 is 9.88 Å². The fraction of sp³-hybridized carbons (Fsp3) is 0.214. The molecule has 1 aromatic carbocycles. The molecule has 0 aliphatic carbocycles. The fourth-order valence-corrected chi connectivity index (χ4v) is 1.73. The largest absolute Gasteiger partial charge is 0.365 e. The van der Waals surface area contributed by atoms with Gasteiger partial charge in [-0.2, -0.15) is 0 Å². The highest BCUT2D eigenvalue weighted by Gasteiger charge is 2.10. The van der Waals surface area contributed by atoms with Crippen molar-refractivity contribution in [1.82, 2.24) is 4.98 Å². The molecule has 0 spiro atoms. The number of H-pyrrole nitrogens is 1. The maximum atomic E-state index is 12.0. The average molecular weight is 228 g/mol. The zero-order chi connectivity index (χ0) is 12.1. The molecule has 1 N–H and O–H groups in total. The average Bonchev–Trinajstić information content (AvgIpc) is 2.89. The number of carbonyl (C=O) groups excluding carboxylic acids is 1. The monoisotopic (exact) mass is 228 g/mol. The predicted molar refractivity (Wildman–Crippen MR) is 69.0 cm³/mol. The Morgan fingerprint density at radius 1 is 1.18 bits per heavy atom. The fourth-order valence-electron chi connectivity index (χ4n) is 1.73. The number of aryl methyl sites for hydroxylation is 1. The minimum atomic E-state index is 0.130. The number of amides is 1. The first-order valence-corrected chi connectivity index (χ1v) is 5.71. The van der Waals surface area contributed by atoms with E-state index in [0.29, 0.717) is 6.42 Å².